The van der Waals surface area contributed by atoms with Gasteiger partial charge in [-0.15, -0.1) is 0 Å². The molecule has 1 aliphatic rings. The van der Waals surface area contributed by atoms with Crippen molar-refractivity contribution in [3.63, 3.8) is 0 Å². The van der Waals surface area contributed by atoms with Crippen LogP contribution in [-0.2, 0) is 10.2 Å². The first-order chi connectivity index (χ1) is 6.60. The van der Waals surface area contributed by atoms with E-state index in [2.05, 4.69) is 10.8 Å². The van der Waals surface area contributed by atoms with Gasteiger partial charge in [0.1, 0.15) is 0 Å². The standard InChI is InChI=1S/C8H15N3O2S/c1-10-14(12,13)11-6-3-8(2-5-9)4-7-11/h8,10H,2-4,6-7H2,1H3. The number of hydrogen-bond donors (Lipinski definition) is 1. The summed E-state index contributed by atoms with van der Waals surface area (Å²) in [5.74, 6) is 0.364. The summed E-state index contributed by atoms with van der Waals surface area (Å²) in [7, 11) is -1.85. The summed E-state index contributed by atoms with van der Waals surface area (Å²) in [6, 6.07) is 2.12. The van der Waals surface area contributed by atoms with E-state index in [0.717, 1.165) is 12.8 Å². The van der Waals surface area contributed by atoms with E-state index in [1.54, 1.807) is 0 Å². The van der Waals surface area contributed by atoms with E-state index in [0.29, 0.717) is 25.4 Å². The van der Waals surface area contributed by atoms with Gasteiger partial charge in [0.05, 0.1) is 6.07 Å². The lowest BCUT2D eigenvalue weighted by Crippen LogP contribution is -2.43. The number of piperidine rings is 1. The maximum Gasteiger partial charge on any atom is 0.279 e. The van der Waals surface area contributed by atoms with Gasteiger partial charge in [-0.05, 0) is 18.8 Å². The first-order valence-corrected chi connectivity index (χ1v) is 6.09. The minimum absolute atomic E-state index is 0.364. The van der Waals surface area contributed by atoms with Crippen molar-refractivity contribution in [2.75, 3.05) is 20.1 Å². The molecule has 14 heavy (non-hydrogen) atoms. The van der Waals surface area contributed by atoms with E-state index in [1.807, 2.05) is 0 Å². The van der Waals surface area contributed by atoms with Crippen LogP contribution in [-0.4, -0.2) is 32.9 Å². The van der Waals surface area contributed by atoms with Gasteiger partial charge in [-0.25, -0.2) is 4.72 Å². The number of hydrogen-bond acceptors (Lipinski definition) is 3. The van der Waals surface area contributed by atoms with Crippen LogP contribution in [0.5, 0.6) is 0 Å². The van der Waals surface area contributed by atoms with Crippen molar-refractivity contribution < 1.29 is 8.42 Å². The normalized spacial score (nSPS) is 20.6. The fraction of sp³-hybridized carbons (Fsp3) is 0.875. The number of rotatable bonds is 3. The molecule has 0 saturated carbocycles. The average Bonchev–Trinajstić information content (AvgIpc) is 2.19. The summed E-state index contributed by atoms with van der Waals surface area (Å²) < 4.78 is 26.5. The second-order valence-electron chi connectivity index (χ2n) is 3.41. The van der Waals surface area contributed by atoms with Crippen LogP contribution in [0, 0.1) is 17.2 Å². The third kappa shape index (κ3) is 2.67. The van der Waals surface area contributed by atoms with Crippen LogP contribution in [0.2, 0.25) is 0 Å². The summed E-state index contributed by atoms with van der Waals surface area (Å²) in [5.41, 5.74) is 0. The fourth-order valence-electron chi connectivity index (χ4n) is 1.61. The Hall–Kier alpha value is -0.640. The topological polar surface area (TPSA) is 73.2 Å². The van der Waals surface area contributed by atoms with Gasteiger partial charge in [0.25, 0.3) is 10.2 Å². The summed E-state index contributed by atoms with van der Waals surface area (Å²) in [6.45, 7) is 1.05. The first-order valence-electron chi connectivity index (χ1n) is 4.65. The largest absolute Gasteiger partial charge is 0.279 e. The summed E-state index contributed by atoms with van der Waals surface area (Å²) in [6.07, 6.45) is 2.11. The van der Waals surface area contributed by atoms with Crippen LogP contribution in [0.1, 0.15) is 19.3 Å². The molecule has 0 aromatic rings. The van der Waals surface area contributed by atoms with Crippen LogP contribution in [0.25, 0.3) is 0 Å². The first kappa shape index (κ1) is 11.4. The Kier molecular flexibility index (Phi) is 3.86. The summed E-state index contributed by atoms with van der Waals surface area (Å²) in [4.78, 5) is 0. The van der Waals surface area contributed by atoms with Crippen LogP contribution in [0.4, 0.5) is 0 Å². The quantitative estimate of drug-likeness (QED) is 0.727. The highest BCUT2D eigenvalue weighted by Gasteiger charge is 2.26. The molecule has 0 aromatic carbocycles. The second kappa shape index (κ2) is 4.73. The third-order valence-electron chi connectivity index (χ3n) is 2.55. The Labute approximate surface area is 84.9 Å². The van der Waals surface area contributed by atoms with Gasteiger partial charge in [-0.1, -0.05) is 0 Å². The molecule has 0 spiro atoms. The Bertz CT molecular complexity index is 312. The van der Waals surface area contributed by atoms with Crippen molar-refractivity contribution in [2.24, 2.45) is 5.92 Å². The van der Waals surface area contributed by atoms with Crippen molar-refractivity contribution in [3.8, 4) is 6.07 Å². The van der Waals surface area contributed by atoms with Crippen LogP contribution >= 0.6 is 0 Å². The molecule has 0 aliphatic carbocycles. The molecule has 1 aliphatic heterocycles. The molecule has 6 heteroatoms. The molecule has 5 nitrogen and oxygen atoms in total. The van der Waals surface area contributed by atoms with Gasteiger partial charge >= 0.3 is 0 Å². The molecule has 0 amide bonds. The Balaban J connectivity index is 2.48. The number of nitriles is 1. The van der Waals surface area contributed by atoms with Gasteiger partial charge in [-0.3, -0.25) is 0 Å². The lowest BCUT2D eigenvalue weighted by atomic mass is 9.95. The predicted octanol–water partition coefficient (Wildman–Crippen LogP) is 0.0763. The average molecular weight is 217 g/mol. The summed E-state index contributed by atoms with van der Waals surface area (Å²) >= 11 is 0. The van der Waals surface area contributed by atoms with Crippen molar-refractivity contribution in [1.29, 1.82) is 5.26 Å². The highest BCUT2D eigenvalue weighted by Crippen LogP contribution is 2.21. The number of nitrogens with zero attached hydrogens (tertiary/aromatic N) is 2. The molecule has 0 aromatic heterocycles. The predicted molar refractivity (Wildman–Crippen MR) is 52.5 cm³/mol. The molecule has 80 valence electrons. The molecule has 1 fully saturated rings. The van der Waals surface area contributed by atoms with Crippen molar-refractivity contribution in [1.82, 2.24) is 9.03 Å². The van der Waals surface area contributed by atoms with E-state index in [9.17, 15) is 8.42 Å². The van der Waals surface area contributed by atoms with Gasteiger partial charge in [0.15, 0.2) is 0 Å². The molecule has 0 unspecified atom stereocenters. The third-order valence-corrected chi connectivity index (χ3v) is 4.11. The Morgan fingerprint density at radius 3 is 2.50 bits per heavy atom. The highest BCUT2D eigenvalue weighted by atomic mass is 32.2. The number of nitrogens with one attached hydrogen (secondary N) is 1. The zero-order chi connectivity index (χ0) is 10.6. The van der Waals surface area contributed by atoms with E-state index in [-0.39, 0.29) is 0 Å². The van der Waals surface area contributed by atoms with E-state index in [4.69, 9.17) is 5.26 Å². The maximum atomic E-state index is 11.4. The van der Waals surface area contributed by atoms with Gasteiger partial charge in [0.2, 0.25) is 0 Å². The molecule has 1 N–H and O–H groups in total. The molecular formula is C8H15N3O2S. The molecule has 1 rings (SSSR count). The maximum absolute atomic E-state index is 11.4. The van der Waals surface area contributed by atoms with Crippen molar-refractivity contribution >= 4 is 10.2 Å². The summed E-state index contributed by atoms with van der Waals surface area (Å²) in [5, 5.41) is 8.50. The van der Waals surface area contributed by atoms with Crippen molar-refractivity contribution in [2.45, 2.75) is 19.3 Å². The lowest BCUT2D eigenvalue weighted by molar-refractivity contribution is 0.275. The lowest BCUT2D eigenvalue weighted by Gasteiger charge is -2.29. The van der Waals surface area contributed by atoms with Crippen LogP contribution in [0.15, 0.2) is 0 Å². The zero-order valence-corrected chi connectivity index (χ0v) is 9.05. The highest BCUT2D eigenvalue weighted by molar-refractivity contribution is 7.87. The minimum atomic E-state index is -3.26. The van der Waals surface area contributed by atoms with Crippen LogP contribution < -0.4 is 4.72 Å². The molecular weight excluding hydrogens is 202 g/mol. The Morgan fingerprint density at radius 2 is 2.07 bits per heavy atom. The van der Waals surface area contributed by atoms with Gasteiger partial charge in [-0.2, -0.15) is 18.0 Å². The van der Waals surface area contributed by atoms with Crippen LogP contribution in [0.3, 0.4) is 0 Å². The molecule has 0 bridgehead atoms. The molecule has 1 heterocycles. The van der Waals surface area contributed by atoms with E-state index >= 15 is 0 Å². The van der Waals surface area contributed by atoms with Gasteiger partial charge in [0, 0.05) is 26.6 Å². The Morgan fingerprint density at radius 1 is 1.50 bits per heavy atom. The van der Waals surface area contributed by atoms with E-state index < -0.39 is 10.2 Å². The fourth-order valence-corrected chi connectivity index (χ4v) is 2.56. The zero-order valence-electron chi connectivity index (χ0n) is 8.23. The van der Waals surface area contributed by atoms with Gasteiger partial charge < -0.3 is 0 Å². The molecule has 0 radical (unpaired) electrons. The molecule has 0 atom stereocenters. The monoisotopic (exact) mass is 217 g/mol. The van der Waals surface area contributed by atoms with Crippen molar-refractivity contribution in [3.05, 3.63) is 0 Å². The second-order valence-corrected chi connectivity index (χ2v) is 5.29. The minimum Gasteiger partial charge on any atom is -0.205 e. The molecule has 1 saturated heterocycles. The smallest absolute Gasteiger partial charge is 0.205 e. The SMILES string of the molecule is CNS(=O)(=O)N1CCC(CC#N)CC1. The van der Waals surface area contributed by atoms with E-state index in [1.165, 1.54) is 11.4 Å².